The number of rotatable bonds is 2. The Hall–Kier alpha value is -2.88. The first-order chi connectivity index (χ1) is 11.6. The Labute approximate surface area is 139 Å². The van der Waals surface area contributed by atoms with Crippen molar-refractivity contribution in [1.82, 2.24) is 15.0 Å². The predicted octanol–water partition coefficient (Wildman–Crippen LogP) is 1.46. The molecule has 0 aromatic carbocycles. The van der Waals surface area contributed by atoms with Crippen molar-refractivity contribution in [2.45, 2.75) is 6.92 Å². The fraction of sp³-hybridized carbons (Fsp3) is 0.412. The van der Waals surface area contributed by atoms with Gasteiger partial charge in [-0.2, -0.15) is 5.26 Å². The highest BCUT2D eigenvalue weighted by atomic mass is 16.5. The summed E-state index contributed by atoms with van der Waals surface area (Å²) < 4.78 is 5.00. The van der Waals surface area contributed by atoms with Crippen molar-refractivity contribution in [3.63, 3.8) is 0 Å². The minimum atomic E-state index is -0.0516. The number of nitrogens with zero attached hydrogens (tertiary/aromatic N) is 5. The monoisotopic (exact) mass is 323 g/mol. The molecule has 2 aliphatic rings. The highest BCUT2D eigenvalue weighted by molar-refractivity contribution is 5.92. The van der Waals surface area contributed by atoms with Gasteiger partial charge in [-0.25, -0.2) is 4.98 Å². The third-order valence-electron chi connectivity index (χ3n) is 4.82. The van der Waals surface area contributed by atoms with Crippen LogP contribution in [-0.4, -0.2) is 47.1 Å². The number of carbonyl (C=O) groups is 1. The smallest absolute Gasteiger partial charge is 0.276 e. The van der Waals surface area contributed by atoms with E-state index in [4.69, 9.17) is 9.78 Å². The van der Waals surface area contributed by atoms with Gasteiger partial charge in [0.05, 0.1) is 5.56 Å². The molecule has 2 aromatic rings. The highest BCUT2D eigenvalue weighted by Crippen LogP contribution is 2.33. The Balaban J connectivity index is 1.41. The number of aryl methyl sites for hydroxylation is 1. The van der Waals surface area contributed by atoms with Crippen molar-refractivity contribution in [2.75, 3.05) is 31.1 Å². The van der Waals surface area contributed by atoms with Crippen molar-refractivity contribution < 1.29 is 9.32 Å². The number of aromatic nitrogens is 2. The molecule has 2 aromatic heterocycles. The van der Waals surface area contributed by atoms with Crippen molar-refractivity contribution in [3.8, 4) is 6.07 Å². The van der Waals surface area contributed by atoms with E-state index in [1.54, 1.807) is 25.3 Å². The van der Waals surface area contributed by atoms with Crippen molar-refractivity contribution >= 4 is 11.7 Å². The first kappa shape index (κ1) is 14.7. The second-order valence-corrected chi connectivity index (χ2v) is 6.47. The summed E-state index contributed by atoms with van der Waals surface area (Å²) in [6.07, 6.45) is 1.60. The van der Waals surface area contributed by atoms with E-state index in [9.17, 15) is 4.79 Å². The van der Waals surface area contributed by atoms with Crippen LogP contribution in [0.3, 0.4) is 0 Å². The van der Waals surface area contributed by atoms with Crippen molar-refractivity contribution in [1.29, 1.82) is 5.26 Å². The molecule has 7 heteroatoms. The number of amides is 1. The Kier molecular flexibility index (Phi) is 3.45. The average molecular weight is 323 g/mol. The van der Waals surface area contributed by atoms with Crippen LogP contribution in [0.5, 0.6) is 0 Å². The number of fused-ring (bicyclic) bond motifs is 1. The number of pyridine rings is 1. The van der Waals surface area contributed by atoms with Crippen LogP contribution in [0.15, 0.2) is 28.9 Å². The van der Waals surface area contributed by atoms with Crippen LogP contribution in [-0.2, 0) is 0 Å². The summed E-state index contributed by atoms with van der Waals surface area (Å²) in [5.74, 6) is 2.38. The van der Waals surface area contributed by atoms with Gasteiger partial charge in [-0.15, -0.1) is 0 Å². The fourth-order valence-corrected chi connectivity index (χ4v) is 3.61. The summed E-state index contributed by atoms with van der Waals surface area (Å²) in [5, 5.41) is 12.7. The standard InChI is InChI=1S/C17H17N5O2/c1-11-4-15(20-24-11)17(23)22-9-13-7-21(8-14(13)10-22)16-3-2-12(5-18)6-19-16/h2-4,6,13-14H,7-10H2,1H3. The Morgan fingerprint density at radius 2 is 2.04 bits per heavy atom. The molecule has 2 fully saturated rings. The van der Waals surface area contributed by atoms with Gasteiger partial charge in [-0.3, -0.25) is 4.79 Å². The van der Waals surface area contributed by atoms with Crippen LogP contribution in [0.1, 0.15) is 21.8 Å². The second kappa shape index (κ2) is 5.64. The van der Waals surface area contributed by atoms with Crippen LogP contribution in [0.2, 0.25) is 0 Å². The fourth-order valence-electron chi connectivity index (χ4n) is 3.61. The molecule has 122 valence electrons. The molecule has 0 bridgehead atoms. The van der Waals surface area contributed by atoms with Gasteiger partial charge in [0.1, 0.15) is 17.6 Å². The minimum Gasteiger partial charge on any atom is -0.361 e. The molecule has 1 amide bonds. The quantitative estimate of drug-likeness (QED) is 0.831. The van der Waals surface area contributed by atoms with Gasteiger partial charge in [-0.05, 0) is 19.1 Å². The zero-order valence-corrected chi connectivity index (χ0v) is 13.3. The Morgan fingerprint density at radius 1 is 1.29 bits per heavy atom. The predicted molar refractivity (Wildman–Crippen MR) is 85.3 cm³/mol. The molecule has 24 heavy (non-hydrogen) atoms. The lowest BCUT2D eigenvalue weighted by molar-refractivity contribution is 0.0772. The summed E-state index contributed by atoms with van der Waals surface area (Å²) in [4.78, 5) is 20.9. The van der Waals surface area contributed by atoms with Crippen molar-refractivity contribution in [3.05, 3.63) is 41.4 Å². The molecule has 0 saturated carbocycles. The molecular formula is C17H17N5O2. The van der Waals surface area contributed by atoms with Gasteiger partial charge < -0.3 is 14.3 Å². The lowest BCUT2D eigenvalue weighted by Crippen LogP contribution is -2.33. The molecule has 2 saturated heterocycles. The zero-order chi connectivity index (χ0) is 16.7. The van der Waals surface area contributed by atoms with Crippen molar-refractivity contribution in [2.24, 2.45) is 11.8 Å². The Bertz CT molecular complexity index is 793. The van der Waals surface area contributed by atoms with E-state index < -0.39 is 0 Å². The summed E-state index contributed by atoms with van der Waals surface area (Å²) in [6.45, 7) is 5.02. The molecular weight excluding hydrogens is 306 g/mol. The molecule has 7 nitrogen and oxygen atoms in total. The lowest BCUT2D eigenvalue weighted by Gasteiger charge is -2.21. The molecule has 0 radical (unpaired) electrons. The SMILES string of the molecule is Cc1cc(C(=O)N2CC3CN(c4ccc(C#N)cn4)CC3C2)no1. The van der Waals surface area contributed by atoms with E-state index in [1.807, 2.05) is 11.0 Å². The van der Waals surface area contributed by atoms with Crippen LogP contribution in [0, 0.1) is 30.1 Å². The number of carbonyl (C=O) groups excluding carboxylic acids is 1. The summed E-state index contributed by atoms with van der Waals surface area (Å²) in [5.41, 5.74) is 0.955. The largest absolute Gasteiger partial charge is 0.361 e. The van der Waals surface area contributed by atoms with Gasteiger partial charge in [0, 0.05) is 50.3 Å². The molecule has 0 aliphatic carbocycles. The van der Waals surface area contributed by atoms with Gasteiger partial charge in [-0.1, -0.05) is 5.16 Å². The zero-order valence-electron chi connectivity index (χ0n) is 13.3. The number of nitriles is 1. The maximum atomic E-state index is 12.5. The van der Waals surface area contributed by atoms with Gasteiger partial charge in [0.2, 0.25) is 0 Å². The summed E-state index contributed by atoms with van der Waals surface area (Å²) in [6, 6.07) is 7.45. The first-order valence-corrected chi connectivity index (χ1v) is 7.98. The molecule has 2 aliphatic heterocycles. The average Bonchev–Trinajstić information content (AvgIpc) is 3.28. The third-order valence-corrected chi connectivity index (χ3v) is 4.82. The van der Waals surface area contributed by atoms with E-state index in [0.29, 0.717) is 28.9 Å². The maximum Gasteiger partial charge on any atom is 0.276 e. The van der Waals surface area contributed by atoms with Gasteiger partial charge >= 0.3 is 0 Å². The van der Waals surface area contributed by atoms with Gasteiger partial charge in [0.25, 0.3) is 5.91 Å². The van der Waals surface area contributed by atoms with Crippen LogP contribution in [0.4, 0.5) is 5.82 Å². The maximum absolute atomic E-state index is 12.5. The van der Waals surface area contributed by atoms with E-state index >= 15 is 0 Å². The molecule has 2 unspecified atom stereocenters. The van der Waals surface area contributed by atoms with Crippen LogP contribution < -0.4 is 4.90 Å². The number of hydrogen-bond acceptors (Lipinski definition) is 6. The highest BCUT2D eigenvalue weighted by Gasteiger charge is 2.42. The van der Waals surface area contributed by atoms with Gasteiger partial charge in [0.15, 0.2) is 5.69 Å². The number of likely N-dealkylation sites (tertiary alicyclic amines) is 1. The number of hydrogen-bond donors (Lipinski definition) is 0. The summed E-state index contributed by atoms with van der Waals surface area (Å²) >= 11 is 0. The normalized spacial score (nSPS) is 22.5. The third kappa shape index (κ3) is 2.50. The minimum absolute atomic E-state index is 0.0516. The van der Waals surface area contributed by atoms with E-state index in [0.717, 1.165) is 32.0 Å². The molecule has 0 N–H and O–H groups in total. The Morgan fingerprint density at radius 3 is 2.58 bits per heavy atom. The van der Waals surface area contributed by atoms with Crippen LogP contribution in [0.25, 0.3) is 0 Å². The number of anilines is 1. The molecule has 4 heterocycles. The van der Waals surface area contributed by atoms with E-state index in [1.165, 1.54) is 0 Å². The van der Waals surface area contributed by atoms with E-state index in [-0.39, 0.29) is 5.91 Å². The molecule has 2 atom stereocenters. The lowest BCUT2D eigenvalue weighted by atomic mass is 10.0. The topological polar surface area (TPSA) is 86.3 Å². The van der Waals surface area contributed by atoms with Crippen LogP contribution >= 0.6 is 0 Å². The van der Waals surface area contributed by atoms with E-state index in [2.05, 4.69) is 21.1 Å². The first-order valence-electron chi connectivity index (χ1n) is 7.98. The second-order valence-electron chi connectivity index (χ2n) is 6.47. The molecule has 0 spiro atoms. The summed E-state index contributed by atoms with van der Waals surface area (Å²) in [7, 11) is 0. The molecule has 4 rings (SSSR count).